The number of amides is 2. The van der Waals surface area contributed by atoms with Gasteiger partial charge in [-0.25, -0.2) is 0 Å². The Morgan fingerprint density at radius 3 is 2.47 bits per heavy atom. The van der Waals surface area contributed by atoms with Gasteiger partial charge in [-0.2, -0.15) is 0 Å². The Balaban J connectivity index is 1.33. The van der Waals surface area contributed by atoms with Gasteiger partial charge in [-0.05, 0) is 86.0 Å². The lowest BCUT2D eigenvalue weighted by Crippen LogP contribution is -2.61. The van der Waals surface area contributed by atoms with Gasteiger partial charge in [0, 0.05) is 25.4 Å². The van der Waals surface area contributed by atoms with E-state index in [-0.39, 0.29) is 28.7 Å². The molecule has 4 heteroatoms. The van der Waals surface area contributed by atoms with Crippen molar-refractivity contribution in [3.05, 3.63) is 35.9 Å². The van der Waals surface area contributed by atoms with Crippen LogP contribution in [0.4, 0.5) is 0 Å². The quantitative estimate of drug-likeness (QED) is 0.695. The van der Waals surface area contributed by atoms with Crippen molar-refractivity contribution in [3.63, 3.8) is 0 Å². The van der Waals surface area contributed by atoms with Gasteiger partial charge in [0.2, 0.25) is 11.8 Å². The number of likely N-dealkylation sites (tertiary alicyclic amines) is 1. The summed E-state index contributed by atoms with van der Waals surface area (Å²) in [5.41, 5.74) is 1.53. The molecular formula is C28H40N2O2. The molecule has 3 saturated carbocycles. The van der Waals surface area contributed by atoms with E-state index in [1.165, 1.54) is 24.8 Å². The summed E-state index contributed by atoms with van der Waals surface area (Å²) in [6.07, 6.45) is 8.68. The first-order chi connectivity index (χ1) is 15.3. The normalized spacial score (nSPS) is 41.9. The van der Waals surface area contributed by atoms with E-state index in [9.17, 15) is 9.59 Å². The highest BCUT2D eigenvalue weighted by atomic mass is 16.2. The summed E-state index contributed by atoms with van der Waals surface area (Å²) >= 11 is 0. The summed E-state index contributed by atoms with van der Waals surface area (Å²) in [7, 11) is 2.03. The van der Waals surface area contributed by atoms with E-state index in [0.29, 0.717) is 36.1 Å². The Hall–Kier alpha value is -1.84. The Bertz CT molecular complexity index is 885. The lowest BCUT2D eigenvalue weighted by atomic mass is 9.47. The topological polar surface area (TPSA) is 49.4 Å². The van der Waals surface area contributed by atoms with E-state index in [1.807, 2.05) is 25.2 Å². The Morgan fingerprint density at radius 2 is 1.72 bits per heavy atom. The Labute approximate surface area is 193 Å². The third kappa shape index (κ3) is 3.23. The van der Waals surface area contributed by atoms with Crippen LogP contribution in [-0.4, -0.2) is 29.8 Å². The minimum absolute atomic E-state index is 0.0485. The van der Waals surface area contributed by atoms with Crippen LogP contribution >= 0.6 is 0 Å². The van der Waals surface area contributed by atoms with Gasteiger partial charge in [-0.15, -0.1) is 0 Å². The monoisotopic (exact) mass is 436 g/mol. The average molecular weight is 437 g/mol. The largest absolute Gasteiger partial charge is 0.349 e. The van der Waals surface area contributed by atoms with Gasteiger partial charge in [0.15, 0.2) is 0 Å². The number of hydrogen-bond acceptors (Lipinski definition) is 2. The highest BCUT2D eigenvalue weighted by Crippen LogP contribution is 2.66. The Morgan fingerprint density at radius 1 is 1.00 bits per heavy atom. The molecule has 0 spiro atoms. The number of fused-ring (bicyclic) bond motifs is 5. The van der Waals surface area contributed by atoms with Crippen LogP contribution in [0, 0.1) is 34.5 Å². The first kappa shape index (κ1) is 22.0. The zero-order valence-electron chi connectivity index (χ0n) is 20.3. The van der Waals surface area contributed by atoms with Gasteiger partial charge in [-0.1, -0.05) is 44.2 Å². The zero-order chi connectivity index (χ0) is 22.7. The summed E-state index contributed by atoms with van der Waals surface area (Å²) in [5.74, 6) is 2.76. The van der Waals surface area contributed by atoms with Crippen molar-refractivity contribution in [1.29, 1.82) is 0 Å². The highest BCUT2D eigenvalue weighted by Gasteiger charge is 2.62. The first-order valence-corrected chi connectivity index (χ1v) is 12.9. The number of carbonyl (C=O) groups is 2. The first-order valence-electron chi connectivity index (χ1n) is 12.9. The molecule has 4 fully saturated rings. The molecule has 4 nitrogen and oxygen atoms in total. The van der Waals surface area contributed by atoms with Crippen molar-refractivity contribution in [1.82, 2.24) is 10.2 Å². The van der Waals surface area contributed by atoms with Gasteiger partial charge in [0.05, 0.1) is 6.04 Å². The van der Waals surface area contributed by atoms with Crippen molar-refractivity contribution in [2.45, 2.75) is 84.2 Å². The second-order valence-corrected chi connectivity index (χ2v) is 11.8. The van der Waals surface area contributed by atoms with Gasteiger partial charge in [-0.3, -0.25) is 9.59 Å². The molecule has 5 rings (SSSR count). The average Bonchev–Trinajstić information content (AvgIpc) is 3.14. The molecule has 1 aromatic rings. The smallest absolute Gasteiger partial charge is 0.224 e. The van der Waals surface area contributed by atoms with Crippen molar-refractivity contribution in [2.24, 2.45) is 34.5 Å². The fraction of sp³-hybridized carbons (Fsp3) is 0.714. The summed E-state index contributed by atoms with van der Waals surface area (Å²) in [6, 6.07) is 10.8. The summed E-state index contributed by atoms with van der Waals surface area (Å²) in [6.45, 7) is 6.99. The molecule has 1 saturated heterocycles. The summed E-state index contributed by atoms with van der Waals surface area (Å²) in [4.78, 5) is 27.9. The molecule has 0 aromatic heterocycles. The van der Waals surface area contributed by atoms with E-state index in [1.54, 1.807) is 0 Å². The maximum atomic E-state index is 13.5. The standard InChI is InChI=1S/C28H40N2O2/c1-18(19-8-6-5-7-9-19)29-26(32)23-12-11-21-20-10-13-24-28(3,17-15-25(31)30(24)4)22(20)14-16-27(21,23)2/h5-9,18,20-24H,10-17H2,1-4H3,(H,29,32)/t18-,20?,21?,22?,23-,24-,27+,28-/m1/s1. The molecule has 8 atom stereocenters. The van der Waals surface area contributed by atoms with Crippen LogP contribution in [0.2, 0.25) is 0 Å². The van der Waals surface area contributed by atoms with Crippen LogP contribution in [0.3, 0.4) is 0 Å². The van der Waals surface area contributed by atoms with Crippen LogP contribution in [0.5, 0.6) is 0 Å². The molecule has 0 bridgehead atoms. The molecule has 1 N–H and O–H groups in total. The van der Waals surface area contributed by atoms with Crippen LogP contribution in [-0.2, 0) is 9.59 Å². The molecule has 32 heavy (non-hydrogen) atoms. The minimum atomic E-state index is 0.0485. The lowest BCUT2D eigenvalue weighted by Gasteiger charge is -2.61. The minimum Gasteiger partial charge on any atom is -0.349 e. The molecule has 3 aliphatic carbocycles. The van der Waals surface area contributed by atoms with Gasteiger partial charge in [0.1, 0.15) is 0 Å². The Kier molecular flexibility index (Phi) is 5.41. The molecule has 0 radical (unpaired) electrons. The number of benzene rings is 1. The third-order valence-corrected chi connectivity index (χ3v) is 10.5. The maximum absolute atomic E-state index is 13.5. The summed E-state index contributed by atoms with van der Waals surface area (Å²) in [5, 5.41) is 3.35. The molecule has 1 heterocycles. The predicted molar refractivity (Wildman–Crippen MR) is 127 cm³/mol. The van der Waals surface area contributed by atoms with Crippen LogP contribution in [0.1, 0.15) is 83.7 Å². The maximum Gasteiger partial charge on any atom is 0.224 e. The second-order valence-electron chi connectivity index (χ2n) is 11.8. The predicted octanol–water partition coefficient (Wildman–Crippen LogP) is 5.34. The van der Waals surface area contributed by atoms with Crippen molar-refractivity contribution in [2.75, 3.05) is 7.05 Å². The fourth-order valence-electron chi connectivity index (χ4n) is 8.72. The molecule has 2 amide bonds. The van der Waals surface area contributed by atoms with E-state index in [4.69, 9.17) is 0 Å². The molecule has 1 aliphatic heterocycles. The second kappa shape index (κ2) is 7.88. The molecule has 4 aliphatic rings. The number of nitrogens with one attached hydrogen (secondary N) is 1. The number of piperidine rings is 1. The SMILES string of the molecule is C[C@@H](NC(=O)[C@H]1CCC2C3CC[C@H]4N(C)C(=O)CC[C@]4(C)C3CC[C@@]21C)c1ccccc1. The number of rotatable bonds is 3. The van der Waals surface area contributed by atoms with E-state index in [0.717, 1.165) is 25.7 Å². The van der Waals surface area contributed by atoms with Crippen LogP contribution in [0.15, 0.2) is 30.3 Å². The molecule has 3 unspecified atom stereocenters. The molecule has 1 aromatic carbocycles. The highest BCUT2D eigenvalue weighted by molar-refractivity contribution is 5.80. The van der Waals surface area contributed by atoms with Gasteiger partial charge < -0.3 is 10.2 Å². The third-order valence-electron chi connectivity index (χ3n) is 10.5. The zero-order valence-corrected chi connectivity index (χ0v) is 20.3. The summed E-state index contributed by atoms with van der Waals surface area (Å²) < 4.78 is 0. The van der Waals surface area contributed by atoms with Gasteiger partial charge in [0.25, 0.3) is 0 Å². The number of carbonyl (C=O) groups excluding carboxylic acids is 2. The number of nitrogens with zero attached hydrogens (tertiary/aromatic N) is 1. The molecule has 174 valence electrons. The number of hydrogen-bond donors (Lipinski definition) is 1. The van der Waals surface area contributed by atoms with Crippen molar-refractivity contribution in [3.8, 4) is 0 Å². The van der Waals surface area contributed by atoms with Crippen LogP contribution in [0.25, 0.3) is 0 Å². The van der Waals surface area contributed by atoms with Gasteiger partial charge >= 0.3 is 0 Å². The van der Waals surface area contributed by atoms with E-state index in [2.05, 4.69) is 43.1 Å². The van der Waals surface area contributed by atoms with Crippen molar-refractivity contribution < 1.29 is 9.59 Å². The van der Waals surface area contributed by atoms with E-state index >= 15 is 0 Å². The fourth-order valence-corrected chi connectivity index (χ4v) is 8.72. The molecular weight excluding hydrogens is 396 g/mol. The van der Waals surface area contributed by atoms with Crippen LogP contribution < -0.4 is 5.32 Å². The van der Waals surface area contributed by atoms with E-state index < -0.39 is 0 Å². The van der Waals surface area contributed by atoms with Crippen molar-refractivity contribution >= 4 is 11.8 Å². The lowest BCUT2D eigenvalue weighted by molar-refractivity contribution is -0.159.